The van der Waals surface area contributed by atoms with Crippen molar-refractivity contribution >= 4 is 6.02 Å². The molecule has 4 rings (SSSR count). The highest BCUT2D eigenvalue weighted by atomic mass is 16.8. The largest absolute Gasteiger partial charge is 0.363 e. The summed E-state index contributed by atoms with van der Waals surface area (Å²) in [6.07, 6.45) is 3.58. The van der Waals surface area contributed by atoms with Gasteiger partial charge in [-0.1, -0.05) is 32.8 Å². The lowest BCUT2D eigenvalue weighted by atomic mass is 9.70. The van der Waals surface area contributed by atoms with Gasteiger partial charge in [-0.05, 0) is 24.2 Å². The van der Waals surface area contributed by atoms with Crippen LogP contribution in [0.4, 0.5) is 0 Å². The van der Waals surface area contributed by atoms with E-state index in [-0.39, 0.29) is 11.5 Å². The highest BCUT2D eigenvalue weighted by molar-refractivity contribution is 5.74. The van der Waals surface area contributed by atoms with Crippen LogP contribution in [0.2, 0.25) is 0 Å². The summed E-state index contributed by atoms with van der Waals surface area (Å²) in [5.74, 6) is 0.0209. The van der Waals surface area contributed by atoms with Crippen molar-refractivity contribution < 1.29 is 9.57 Å². The zero-order valence-corrected chi connectivity index (χ0v) is 14.0. The van der Waals surface area contributed by atoms with E-state index in [2.05, 4.69) is 32.8 Å². The average Bonchev–Trinajstić information content (AvgIpc) is 3.03. The van der Waals surface area contributed by atoms with E-state index < -0.39 is 5.85 Å². The minimum Gasteiger partial charge on any atom is -0.363 e. The van der Waals surface area contributed by atoms with Crippen LogP contribution in [0.1, 0.15) is 47.0 Å². The smallest absolute Gasteiger partial charge is 0.311 e. The SMILES string of the molecule is CC[C@]12N=C(N(C)C)ON1C1C3CCC(C)(C1O2)C3(C)C. The van der Waals surface area contributed by atoms with E-state index in [0.29, 0.717) is 23.4 Å². The molecule has 1 saturated heterocycles. The number of hydrogen-bond acceptors (Lipinski definition) is 5. The molecule has 5 nitrogen and oxygen atoms in total. The van der Waals surface area contributed by atoms with Crippen LogP contribution >= 0.6 is 0 Å². The van der Waals surface area contributed by atoms with Gasteiger partial charge in [-0.25, -0.2) is 0 Å². The maximum Gasteiger partial charge on any atom is 0.311 e. The number of fused-ring (bicyclic) bond motifs is 7. The van der Waals surface area contributed by atoms with Crippen LogP contribution in [-0.2, 0) is 9.57 Å². The molecule has 0 aromatic carbocycles. The molecule has 0 aromatic heterocycles. The van der Waals surface area contributed by atoms with Crippen LogP contribution in [0.25, 0.3) is 0 Å². The second-order valence-corrected chi connectivity index (χ2v) is 8.12. The van der Waals surface area contributed by atoms with Crippen molar-refractivity contribution in [3.63, 3.8) is 0 Å². The first-order valence-corrected chi connectivity index (χ1v) is 8.19. The molecule has 4 unspecified atom stereocenters. The Morgan fingerprint density at radius 3 is 2.67 bits per heavy atom. The molecule has 118 valence electrons. The van der Waals surface area contributed by atoms with E-state index in [1.54, 1.807) is 0 Å². The quantitative estimate of drug-likeness (QED) is 0.744. The Morgan fingerprint density at radius 1 is 1.33 bits per heavy atom. The lowest BCUT2D eigenvalue weighted by Gasteiger charge is -2.39. The summed E-state index contributed by atoms with van der Waals surface area (Å²) in [4.78, 5) is 12.8. The third-order valence-electron chi connectivity index (χ3n) is 6.95. The molecule has 2 aliphatic carbocycles. The third kappa shape index (κ3) is 1.33. The van der Waals surface area contributed by atoms with E-state index in [4.69, 9.17) is 14.6 Å². The number of hydroxylamine groups is 2. The van der Waals surface area contributed by atoms with Crippen LogP contribution in [0.5, 0.6) is 0 Å². The van der Waals surface area contributed by atoms with E-state index in [9.17, 15) is 0 Å². The normalized spacial score (nSPS) is 49.8. The molecule has 0 aromatic rings. The molecule has 2 bridgehead atoms. The monoisotopic (exact) mass is 293 g/mol. The number of amidine groups is 1. The predicted molar refractivity (Wildman–Crippen MR) is 80.3 cm³/mol. The molecule has 3 fully saturated rings. The number of rotatable bonds is 1. The number of nitrogens with zero attached hydrogens (tertiary/aromatic N) is 3. The Bertz CT molecular complexity index is 518. The number of hydrogen-bond donors (Lipinski definition) is 0. The maximum absolute atomic E-state index is 6.59. The highest BCUT2D eigenvalue weighted by Gasteiger charge is 2.76. The van der Waals surface area contributed by atoms with Crippen LogP contribution < -0.4 is 0 Å². The molecule has 2 heterocycles. The van der Waals surface area contributed by atoms with Gasteiger partial charge in [-0.3, -0.25) is 0 Å². The van der Waals surface area contributed by atoms with Crippen molar-refractivity contribution in [2.45, 2.75) is 65.0 Å². The first kappa shape index (κ1) is 13.8. The Hall–Kier alpha value is -0.810. The van der Waals surface area contributed by atoms with Crippen molar-refractivity contribution in [3.05, 3.63) is 0 Å². The molecule has 21 heavy (non-hydrogen) atoms. The van der Waals surface area contributed by atoms with E-state index in [0.717, 1.165) is 6.42 Å². The second-order valence-electron chi connectivity index (χ2n) is 8.12. The summed E-state index contributed by atoms with van der Waals surface area (Å²) in [6, 6.07) is 1.00. The van der Waals surface area contributed by atoms with Gasteiger partial charge in [0.1, 0.15) is 0 Å². The summed E-state index contributed by atoms with van der Waals surface area (Å²) in [6.45, 7) is 9.35. The second kappa shape index (κ2) is 3.74. The molecular weight excluding hydrogens is 266 g/mol. The summed E-state index contributed by atoms with van der Waals surface area (Å²) >= 11 is 0. The fourth-order valence-electron chi connectivity index (χ4n) is 5.20. The van der Waals surface area contributed by atoms with Gasteiger partial charge < -0.3 is 14.5 Å². The van der Waals surface area contributed by atoms with Gasteiger partial charge in [0.15, 0.2) is 0 Å². The fourth-order valence-corrected chi connectivity index (χ4v) is 5.20. The third-order valence-corrected chi connectivity index (χ3v) is 6.95. The Kier molecular flexibility index (Phi) is 2.46. The molecule has 5 atom stereocenters. The first-order chi connectivity index (χ1) is 9.77. The van der Waals surface area contributed by atoms with Gasteiger partial charge in [-0.2, -0.15) is 4.99 Å². The van der Waals surface area contributed by atoms with E-state index in [1.807, 2.05) is 19.0 Å². The number of ether oxygens (including phenoxy) is 1. The Balaban J connectivity index is 1.76. The van der Waals surface area contributed by atoms with Crippen molar-refractivity contribution in [1.82, 2.24) is 9.96 Å². The topological polar surface area (TPSA) is 37.3 Å². The molecular formula is C16H27N3O2. The van der Waals surface area contributed by atoms with Gasteiger partial charge in [0.05, 0.1) is 12.1 Å². The summed E-state index contributed by atoms with van der Waals surface area (Å²) in [5, 5.41) is 2.09. The summed E-state index contributed by atoms with van der Waals surface area (Å²) < 4.78 is 6.59. The van der Waals surface area contributed by atoms with Gasteiger partial charge in [0.2, 0.25) is 0 Å². The van der Waals surface area contributed by atoms with Crippen molar-refractivity contribution in [1.29, 1.82) is 0 Å². The molecule has 0 spiro atoms. The first-order valence-electron chi connectivity index (χ1n) is 8.19. The van der Waals surface area contributed by atoms with E-state index in [1.165, 1.54) is 12.8 Å². The standard InChI is InChI=1S/C16H27N3O2/c1-7-16-17-13(18(5)6)21-19(16)11-10-8-9-15(4,12(11)20-16)14(10,2)3/h10-12H,7-9H2,1-6H3/t10?,11?,12?,15?,16-/m0/s1. The van der Waals surface area contributed by atoms with Crippen molar-refractivity contribution in [2.75, 3.05) is 14.1 Å². The summed E-state index contributed by atoms with van der Waals surface area (Å²) in [7, 11) is 3.93. The Morgan fingerprint density at radius 2 is 2.05 bits per heavy atom. The predicted octanol–water partition coefficient (Wildman–Crippen LogP) is 2.44. The van der Waals surface area contributed by atoms with Gasteiger partial charge in [0, 0.05) is 25.9 Å². The molecule has 0 N–H and O–H groups in total. The molecule has 0 amide bonds. The maximum atomic E-state index is 6.59. The summed E-state index contributed by atoms with van der Waals surface area (Å²) in [5.41, 5.74) is 0.526. The molecule has 5 heteroatoms. The zero-order valence-electron chi connectivity index (χ0n) is 14.0. The lowest BCUT2D eigenvalue weighted by molar-refractivity contribution is -0.219. The molecule has 0 radical (unpaired) electrons. The number of aliphatic imine (C=N–C) groups is 1. The van der Waals surface area contributed by atoms with Gasteiger partial charge in [0.25, 0.3) is 5.85 Å². The lowest BCUT2D eigenvalue weighted by Crippen LogP contribution is -2.46. The van der Waals surface area contributed by atoms with E-state index >= 15 is 0 Å². The highest BCUT2D eigenvalue weighted by Crippen LogP contribution is 2.70. The van der Waals surface area contributed by atoms with Crippen molar-refractivity contribution in [2.24, 2.45) is 21.7 Å². The van der Waals surface area contributed by atoms with Gasteiger partial charge in [-0.15, -0.1) is 0 Å². The fraction of sp³-hybridized carbons (Fsp3) is 0.938. The average molecular weight is 293 g/mol. The minimum atomic E-state index is -0.602. The molecule has 2 aliphatic heterocycles. The van der Waals surface area contributed by atoms with Crippen molar-refractivity contribution in [3.8, 4) is 0 Å². The minimum absolute atomic E-state index is 0.228. The van der Waals surface area contributed by atoms with Crippen LogP contribution in [0.15, 0.2) is 4.99 Å². The molecule has 2 saturated carbocycles. The Labute approximate surface area is 127 Å². The van der Waals surface area contributed by atoms with Crippen LogP contribution in [0.3, 0.4) is 0 Å². The molecule has 4 aliphatic rings. The van der Waals surface area contributed by atoms with Crippen LogP contribution in [-0.4, -0.2) is 48.1 Å². The van der Waals surface area contributed by atoms with Gasteiger partial charge >= 0.3 is 6.02 Å². The zero-order chi connectivity index (χ0) is 15.2. The van der Waals surface area contributed by atoms with Crippen LogP contribution in [0, 0.1) is 16.7 Å².